The van der Waals surface area contributed by atoms with E-state index in [1.54, 1.807) is 24.3 Å². The molecule has 2 heterocycles. The maximum absolute atomic E-state index is 11.9. The topological polar surface area (TPSA) is 66.4 Å². The Bertz CT molecular complexity index is 725. The number of carboxylic acids is 1. The molecule has 6 heteroatoms. The predicted octanol–water partition coefficient (Wildman–Crippen LogP) is 4.08. The van der Waals surface area contributed by atoms with Crippen molar-refractivity contribution in [1.29, 1.82) is 0 Å². The summed E-state index contributed by atoms with van der Waals surface area (Å²) < 4.78 is 0. The zero-order valence-corrected chi connectivity index (χ0v) is 13.5. The molecule has 0 aliphatic carbocycles. The molecule has 0 atom stereocenters. The van der Waals surface area contributed by atoms with E-state index in [1.807, 2.05) is 26.0 Å². The molecule has 0 aromatic carbocycles. The van der Waals surface area contributed by atoms with E-state index in [0.717, 1.165) is 9.75 Å². The van der Waals surface area contributed by atoms with Gasteiger partial charge in [-0.1, -0.05) is 0 Å². The van der Waals surface area contributed by atoms with E-state index in [4.69, 9.17) is 0 Å². The Labute approximate surface area is 130 Å². The molecule has 0 radical (unpaired) electrons. The van der Waals surface area contributed by atoms with Gasteiger partial charge in [-0.2, -0.15) is 0 Å². The maximum atomic E-state index is 11.9. The van der Waals surface area contributed by atoms with Crippen LogP contribution in [0.15, 0.2) is 18.2 Å². The first-order valence-electron chi connectivity index (χ1n) is 6.27. The van der Waals surface area contributed by atoms with Crippen LogP contribution < -0.4 is 5.32 Å². The fourth-order valence-corrected chi connectivity index (χ4v) is 3.66. The first-order chi connectivity index (χ1) is 9.88. The van der Waals surface area contributed by atoms with Crippen molar-refractivity contribution in [2.45, 2.75) is 20.8 Å². The second-order valence-electron chi connectivity index (χ2n) is 4.56. The third-order valence-electron chi connectivity index (χ3n) is 3.00. The summed E-state index contributed by atoms with van der Waals surface area (Å²) in [6.45, 7) is 5.58. The molecule has 0 unspecified atom stereocenters. The Hall–Kier alpha value is -1.92. The maximum Gasteiger partial charge on any atom is 0.338 e. The number of carboxylic acid groups (broad SMARTS) is 1. The van der Waals surface area contributed by atoms with Crippen LogP contribution in [-0.2, 0) is 4.79 Å². The van der Waals surface area contributed by atoms with Gasteiger partial charge in [-0.25, -0.2) is 4.79 Å². The van der Waals surface area contributed by atoms with Crippen LogP contribution in [0.4, 0.5) is 5.00 Å². The van der Waals surface area contributed by atoms with Gasteiger partial charge in [0.15, 0.2) is 0 Å². The van der Waals surface area contributed by atoms with E-state index < -0.39 is 5.97 Å². The number of aryl methyl sites for hydroxylation is 2. The van der Waals surface area contributed by atoms with Gasteiger partial charge < -0.3 is 10.4 Å². The quantitative estimate of drug-likeness (QED) is 0.834. The fraction of sp³-hybridized carbons (Fsp3) is 0.200. The van der Waals surface area contributed by atoms with Crippen molar-refractivity contribution in [3.8, 4) is 0 Å². The van der Waals surface area contributed by atoms with Gasteiger partial charge in [-0.05, 0) is 44.5 Å². The summed E-state index contributed by atoms with van der Waals surface area (Å²) in [5.41, 5.74) is 0.867. The van der Waals surface area contributed by atoms with Crippen LogP contribution in [0.3, 0.4) is 0 Å². The van der Waals surface area contributed by atoms with E-state index in [0.29, 0.717) is 10.6 Å². The van der Waals surface area contributed by atoms with Crippen LogP contribution >= 0.6 is 22.7 Å². The van der Waals surface area contributed by atoms with Gasteiger partial charge in [-0.15, -0.1) is 22.7 Å². The van der Waals surface area contributed by atoms with E-state index in [-0.39, 0.29) is 11.5 Å². The Kier molecular flexibility index (Phi) is 4.59. The molecule has 0 aliphatic heterocycles. The normalized spacial score (nSPS) is 11.0. The molecular formula is C15H15NO3S2. The van der Waals surface area contributed by atoms with E-state index >= 15 is 0 Å². The van der Waals surface area contributed by atoms with Crippen LogP contribution in [0.2, 0.25) is 0 Å². The highest BCUT2D eigenvalue weighted by Gasteiger charge is 2.19. The van der Waals surface area contributed by atoms with Crippen molar-refractivity contribution in [2.24, 2.45) is 0 Å². The second kappa shape index (κ2) is 6.24. The Morgan fingerprint density at radius 3 is 2.48 bits per heavy atom. The number of nitrogens with one attached hydrogen (secondary N) is 1. The Balaban J connectivity index is 2.15. The molecule has 0 fully saturated rings. The van der Waals surface area contributed by atoms with Gasteiger partial charge in [-0.3, -0.25) is 4.79 Å². The lowest BCUT2D eigenvalue weighted by Crippen LogP contribution is -2.10. The van der Waals surface area contributed by atoms with Gasteiger partial charge in [0.05, 0.1) is 5.56 Å². The molecule has 110 valence electrons. The zero-order chi connectivity index (χ0) is 15.6. The average Bonchev–Trinajstić information content (AvgIpc) is 2.92. The molecule has 0 saturated carbocycles. The standard InChI is InChI=1S/C15H15NO3S2/c1-8-4-5-11(20-8)6-7-12(17)16-14-13(15(18)19)9(2)10(3)21-14/h4-7H,1-3H3,(H,16,17)(H,18,19)/b7-6+. The number of thiophene rings is 2. The summed E-state index contributed by atoms with van der Waals surface area (Å²) in [4.78, 5) is 26.2. The number of anilines is 1. The second-order valence-corrected chi connectivity index (χ2v) is 7.11. The molecule has 0 saturated heterocycles. The third kappa shape index (κ3) is 3.59. The minimum Gasteiger partial charge on any atom is -0.478 e. The summed E-state index contributed by atoms with van der Waals surface area (Å²) in [5, 5.41) is 12.3. The average molecular weight is 321 g/mol. The van der Waals surface area contributed by atoms with E-state index in [1.165, 1.54) is 22.3 Å². The third-order valence-corrected chi connectivity index (χ3v) is 5.08. The smallest absolute Gasteiger partial charge is 0.338 e. The lowest BCUT2D eigenvalue weighted by Gasteiger charge is -2.01. The molecule has 1 amide bonds. The fourth-order valence-electron chi connectivity index (χ4n) is 1.83. The number of rotatable bonds is 4. The molecule has 0 spiro atoms. The number of aromatic carboxylic acids is 1. The van der Waals surface area contributed by atoms with Crippen molar-refractivity contribution < 1.29 is 14.7 Å². The van der Waals surface area contributed by atoms with Crippen molar-refractivity contribution in [2.75, 3.05) is 5.32 Å². The molecule has 2 aromatic rings. The summed E-state index contributed by atoms with van der Waals surface area (Å²) in [7, 11) is 0. The Morgan fingerprint density at radius 2 is 1.90 bits per heavy atom. The molecule has 2 rings (SSSR count). The summed E-state index contributed by atoms with van der Waals surface area (Å²) in [5.74, 6) is -1.35. The first kappa shape index (κ1) is 15.5. The zero-order valence-electron chi connectivity index (χ0n) is 11.9. The number of hydrogen-bond acceptors (Lipinski definition) is 4. The Morgan fingerprint density at radius 1 is 1.19 bits per heavy atom. The van der Waals surface area contributed by atoms with Crippen molar-refractivity contribution in [3.05, 3.63) is 44.0 Å². The SMILES string of the molecule is Cc1ccc(/C=C/C(=O)Nc2sc(C)c(C)c2C(=O)O)s1. The summed E-state index contributed by atoms with van der Waals surface area (Å²) in [6.07, 6.45) is 3.14. The predicted molar refractivity (Wildman–Crippen MR) is 87.5 cm³/mol. The highest BCUT2D eigenvalue weighted by atomic mass is 32.1. The lowest BCUT2D eigenvalue weighted by atomic mass is 10.1. The number of amides is 1. The molecule has 0 aliphatic rings. The minimum atomic E-state index is -1.02. The van der Waals surface area contributed by atoms with Gasteiger partial charge in [0, 0.05) is 20.7 Å². The molecule has 2 N–H and O–H groups in total. The van der Waals surface area contributed by atoms with Gasteiger partial charge in [0.1, 0.15) is 5.00 Å². The van der Waals surface area contributed by atoms with Gasteiger partial charge in [0.2, 0.25) is 5.91 Å². The van der Waals surface area contributed by atoms with Gasteiger partial charge in [0.25, 0.3) is 0 Å². The highest BCUT2D eigenvalue weighted by molar-refractivity contribution is 7.16. The van der Waals surface area contributed by atoms with Crippen molar-refractivity contribution in [3.63, 3.8) is 0 Å². The monoisotopic (exact) mass is 321 g/mol. The van der Waals surface area contributed by atoms with E-state index in [9.17, 15) is 14.7 Å². The van der Waals surface area contributed by atoms with Gasteiger partial charge >= 0.3 is 5.97 Å². The van der Waals surface area contributed by atoms with Crippen molar-refractivity contribution in [1.82, 2.24) is 0 Å². The summed E-state index contributed by atoms with van der Waals surface area (Å²) in [6, 6.07) is 3.92. The lowest BCUT2D eigenvalue weighted by molar-refractivity contribution is -0.111. The molecule has 21 heavy (non-hydrogen) atoms. The first-order valence-corrected chi connectivity index (χ1v) is 7.90. The number of carbonyl (C=O) groups excluding carboxylic acids is 1. The molecule has 0 bridgehead atoms. The number of hydrogen-bond donors (Lipinski definition) is 2. The molecule has 4 nitrogen and oxygen atoms in total. The van der Waals surface area contributed by atoms with E-state index in [2.05, 4.69) is 5.32 Å². The largest absolute Gasteiger partial charge is 0.478 e. The molecule has 2 aromatic heterocycles. The van der Waals surface area contributed by atoms with Crippen molar-refractivity contribution >= 4 is 45.6 Å². The summed E-state index contributed by atoms with van der Waals surface area (Å²) >= 11 is 2.87. The van der Waals surface area contributed by atoms with Crippen LogP contribution in [0.1, 0.15) is 30.6 Å². The minimum absolute atomic E-state index is 0.172. The van der Waals surface area contributed by atoms with Crippen LogP contribution in [0.25, 0.3) is 6.08 Å². The van der Waals surface area contributed by atoms with Crippen LogP contribution in [0, 0.1) is 20.8 Å². The molecular weight excluding hydrogens is 306 g/mol. The number of carbonyl (C=O) groups is 2. The van der Waals surface area contributed by atoms with Crippen LogP contribution in [-0.4, -0.2) is 17.0 Å². The highest BCUT2D eigenvalue weighted by Crippen LogP contribution is 2.32. The van der Waals surface area contributed by atoms with Crippen LogP contribution in [0.5, 0.6) is 0 Å².